The average molecular weight is 195 g/mol. The maximum absolute atomic E-state index is 11.2. The first-order valence-electron chi connectivity index (χ1n) is 4.92. The Kier molecular flexibility index (Phi) is 1.68. The van der Waals surface area contributed by atoms with Gasteiger partial charge in [-0.3, -0.25) is 9.78 Å². The van der Waals surface area contributed by atoms with Gasteiger partial charge in [0.05, 0.1) is 5.52 Å². The largest absolute Gasteiger partial charge is 0.294 e. The highest BCUT2D eigenvalue weighted by molar-refractivity contribution is 6.02. The number of benzene rings is 1. The third kappa shape index (κ3) is 1.26. The number of carbonyl (C=O) groups excluding carboxylic acids is 1. The summed E-state index contributed by atoms with van der Waals surface area (Å²) in [5.74, 6) is 0.152. The van der Waals surface area contributed by atoms with Crippen LogP contribution in [-0.2, 0) is 11.2 Å². The number of ketones is 1. The normalized spacial score (nSPS) is 14.3. The van der Waals surface area contributed by atoms with E-state index in [2.05, 4.69) is 4.98 Å². The van der Waals surface area contributed by atoms with E-state index < -0.39 is 0 Å². The molecular weight excluding hydrogens is 186 g/mol. The van der Waals surface area contributed by atoms with Gasteiger partial charge in [0.2, 0.25) is 0 Å². The standard InChI is InChI=1S/C13H9NO/c15-10-5-6-11-9(7-10)8-14-13-4-2-1-3-12(11)13/h1-6,8H,7H2. The number of rotatable bonds is 0. The number of fused-ring (bicyclic) bond motifs is 3. The molecule has 1 aliphatic carbocycles. The van der Waals surface area contributed by atoms with Gasteiger partial charge in [-0.25, -0.2) is 0 Å². The van der Waals surface area contributed by atoms with Gasteiger partial charge in [-0.1, -0.05) is 24.3 Å². The number of carbonyl (C=O) groups is 1. The molecule has 0 unspecified atom stereocenters. The zero-order valence-corrected chi connectivity index (χ0v) is 8.10. The third-order valence-corrected chi connectivity index (χ3v) is 2.70. The monoisotopic (exact) mass is 195 g/mol. The van der Waals surface area contributed by atoms with Crippen molar-refractivity contribution in [1.82, 2.24) is 4.98 Å². The summed E-state index contributed by atoms with van der Waals surface area (Å²) >= 11 is 0. The first-order chi connectivity index (χ1) is 7.34. The average Bonchev–Trinajstić information content (AvgIpc) is 2.28. The van der Waals surface area contributed by atoms with Gasteiger partial charge in [-0.15, -0.1) is 0 Å². The van der Waals surface area contributed by atoms with E-state index in [0.29, 0.717) is 6.42 Å². The summed E-state index contributed by atoms with van der Waals surface area (Å²) in [6.45, 7) is 0. The van der Waals surface area contributed by atoms with Crippen molar-refractivity contribution in [2.24, 2.45) is 0 Å². The van der Waals surface area contributed by atoms with Crippen molar-refractivity contribution in [1.29, 1.82) is 0 Å². The molecule has 1 heterocycles. The van der Waals surface area contributed by atoms with E-state index in [1.807, 2.05) is 30.3 Å². The van der Waals surface area contributed by atoms with Crippen LogP contribution in [0.2, 0.25) is 0 Å². The molecule has 72 valence electrons. The molecule has 0 bridgehead atoms. The van der Waals surface area contributed by atoms with E-state index >= 15 is 0 Å². The van der Waals surface area contributed by atoms with Crippen molar-refractivity contribution >= 4 is 22.8 Å². The summed E-state index contributed by atoms with van der Waals surface area (Å²) in [6.07, 6.45) is 5.82. The zero-order valence-electron chi connectivity index (χ0n) is 8.10. The Morgan fingerprint density at radius 3 is 2.93 bits per heavy atom. The highest BCUT2D eigenvalue weighted by Crippen LogP contribution is 2.24. The molecule has 1 aliphatic rings. The summed E-state index contributed by atoms with van der Waals surface area (Å²) in [4.78, 5) is 15.6. The molecule has 0 spiro atoms. The fraction of sp³-hybridized carbons (Fsp3) is 0.0769. The third-order valence-electron chi connectivity index (χ3n) is 2.70. The van der Waals surface area contributed by atoms with Crippen molar-refractivity contribution in [3.8, 4) is 0 Å². The quantitative estimate of drug-likeness (QED) is 0.646. The Labute approximate surface area is 87.3 Å². The molecule has 0 fully saturated rings. The molecule has 15 heavy (non-hydrogen) atoms. The molecule has 0 atom stereocenters. The van der Waals surface area contributed by atoms with Gasteiger partial charge in [0.25, 0.3) is 0 Å². The minimum Gasteiger partial charge on any atom is -0.294 e. The van der Waals surface area contributed by atoms with Crippen LogP contribution in [0.1, 0.15) is 11.1 Å². The summed E-state index contributed by atoms with van der Waals surface area (Å²) < 4.78 is 0. The van der Waals surface area contributed by atoms with E-state index in [1.165, 1.54) is 0 Å². The summed E-state index contributed by atoms with van der Waals surface area (Å²) in [7, 11) is 0. The van der Waals surface area contributed by atoms with Gasteiger partial charge in [-0.05, 0) is 23.3 Å². The van der Waals surface area contributed by atoms with Gasteiger partial charge < -0.3 is 0 Å². The first kappa shape index (κ1) is 8.36. The Morgan fingerprint density at radius 1 is 1.13 bits per heavy atom. The lowest BCUT2D eigenvalue weighted by molar-refractivity contribution is -0.114. The van der Waals surface area contributed by atoms with E-state index in [4.69, 9.17) is 0 Å². The molecule has 0 radical (unpaired) electrons. The number of para-hydroxylation sites is 1. The maximum Gasteiger partial charge on any atom is 0.160 e. The van der Waals surface area contributed by atoms with Crippen LogP contribution < -0.4 is 0 Å². The zero-order chi connectivity index (χ0) is 10.3. The molecule has 0 N–H and O–H groups in total. The minimum atomic E-state index is 0.152. The van der Waals surface area contributed by atoms with Crippen LogP contribution in [0.4, 0.5) is 0 Å². The second-order valence-electron chi connectivity index (χ2n) is 3.69. The van der Waals surface area contributed by atoms with Crippen LogP contribution in [0.3, 0.4) is 0 Å². The van der Waals surface area contributed by atoms with Crippen LogP contribution in [0.25, 0.3) is 17.0 Å². The van der Waals surface area contributed by atoms with Crippen LogP contribution in [0, 0.1) is 0 Å². The van der Waals surface area contributed by atoms with E-state index in [-0.39, 0.29) is 5.78 Å². The van der Waals surface area contributed by atoms with Crippen LogP contribution >= 0.6 is 0 Å². The van der Waals surface area contributed by atoms with Crippen molar-refractivity contribution in [2.45, 2.75) is 6.42 Å². The van der Waals surface area contributed by atoms with Gasteiger partial charge in [0.1, 0.15) is 0 Å². The highest BCUT2D eigenvalue weighted by Gasteiger charge is 2.12. The highest BCUT2D eigenvalue weighted by atomic mass is 16.1. The topological polar surface area (TPSA) is 30.0 Å². The Morgan fingerprint density at radius 2 is 2.00 bits per heavy atom. The lowest BCUT2D eigenvalue weighted by atomic mass is 9.95. The Balaban J connectivity index is 2.37. The van der Waals surface area contributed by atoms with Crippen LogP contribution in [0.5, 0.6) is 0 Å². The van der Waals surface area contributed by atoms with Crippen molar-refractivity contribution in [3.63, 3.8) is 0 Å². The van der Waals surface area contributed by atoms with E-state index in [9.17, 15) is 4.79 Å². The second-order valence-corrected chi connectivity index (χ2v) is 3.69. The van der Waals surface area contributed by atoms with Crippen molar-refractivity contribution < 1.29 is 4.79 Å². The Bertz CT molecular complexity index is 584. The molecule has 2 heteroatoms. The number of hydrogen-bond donors (Lipinski definition) is 0. The number of hydrogen-bond acceptors (Lipinski definition) is 2. The molecule has 1 aromatic carbocycles. The minimum absolute atomic E-state index is 0.152. The van der Waals surface area contributed by atoms with Gasteiger partial charge in [-0.2, -0.15) is 0 Å². The van der Waals surface area contributed by atoms with E-state index in [1.54, 1.807) is 12.3 Å². The van der Waals surface area contributed by atoms with E-state index in [0.717, 1.165) is 22.0 Å². The SMILES string of the molecule is O=C1C=Cc2c(cnc3ccccc23)C1. The smallest absolute Gasteiger partial charge is 0.160 e. The van der Waals surface area contributed by atoms with Gasteiger partial charge in [0, 0.05) is 18.0 Å². The van der Waals surface area contributed by atoms with Crippen LogP contribution in [0.15, 0.2) is 36.5 Å². The van der Waals surface area contributed by atoms with Crippen molar-refractivity contribution in [2.75, 3.05) is 0 Å². The number of nitrogens with zero attached hydrogens (tertiary/aromatic N) is 1. The maximum atomic E-state index is 11.2. The lowest BCUT2D eigenvalue weighted by Gasteiger charge is -2.11. The number of allylic oxidation sites excluding steroid dienone is 1. The summed E-state index contributed by atoms with van der Waals surface area (Å²) in [5.41, 5.74) is 3.15. The number of aromatic nitrogens is 1. The lowest BCUT2D eigenvalue weighted by Crippen LogP contribution is -2.06. The molecule has 2 nitrogen and oxygen atoms in total. The second kappa shape index (κ2) is 3.02. The first-order valence-corrected chi connectivity index (χ1v) is 4.92. The molecule has 0 amide bonds. The fourth-order valence-electron chi connectivity index (χ4n) is 1.96. The molecule has 3 rings (SSSR count). The molecule has 0 aliphatic heterocycles. The van der Waals surface area contributed by atoms with Crippen LogP contribution in [-0.4, -0.2) is 10.8 Å². The van der Waals surface area contributed by atoms with Gasteiger partial charge >= 0.3 is 0 Å². The molecule has 2 aromatic rings. The molecule has 1 aromatic heterocycles. The predicted molar refractivity (Wildman–Crippen MR) is 59.5 cm³/mol. The Hall–Kier alpha value is -1.96. The fourth-order valence-corrected chi connectivity index (χ4v) is 1.96. The molecular formula is C13H9NO. The summed E-state index contributed by atoms with van der Waals surface area (Å²) in [5, 5.41) is 1.12. The predicted octanol–water partition coefficient (Wildman–Crippen LogP) is 2.37. The molecule has 0 saturated heterocycles. The molecule has 0 saturated carbocycles. The summed E-state index contributed by atoms with van der Waals surface area (Å²) in [6, 6.07) is 8.00. The number of pyridine rings is 1. The van der Waals surface area contributed by atoms with Gasteiger partial charge in [0.15, 0.2) is 5.78 Å². The van der Waals surface area contributed by atoms with Crippen molar-refractivity contribution in [3.05, 3.63) is 47.7 Å².